The zero-order valence-electron chi connectivity index (χ0n) is 10.4. The number of aliphatic imine (C=N–C) groups is 1. The van der Waals surface area contributed by atoms with Crippen LogP contribution in [0.3, 0.4) is 0 Å². The molecule has 1 aliphatic heterocycles. The Morgan fingerprint density at radius 3 is 3.12 bits per heavy atom. The predicted octanol–water partition coefficient (Wildman–Crippen LogP) is 2.85. The third-order valence-corrected chi connectivity index (χ3v) is 3.78. The molecule has 0 aromatic rings. The maximum absolute atomic E-state index is 4.55. The van der Waals surface area contributed by atoms with Gasteiger partial charge in [0.15, 0.2) is 0 Å². The average molecular weight is 228 g/mol. The Morgan fingerprint density at radius 2 is 2.29 bits per heavy atom. The van der Waals surface area contributed by atoms with Crippen molar-refractivity contribution in [2.75, 3.05) is 13.1 Å². The second-order valence-corrected chi connectivity index (χ2v) is 5.32. The lowest BCUT2D eigenvalue weighted by Gasteiger charge is -2.15. The van der Waals surface area contributed by atoms with Gasteiger partial charge in [-0.25, -0.2) is 0 Å². The molecule has 3 rings (SSSR count). The molecular weight excluding hydrogens is 208 g/mol. The first-order valence-corrected chi connectivity index (χ1v) is 6.71. The van der Waals surface area contributed by atoms with E-state index in [9.17, 15) is 0 Å². The van der Waals surface area contributed by atoms with Gasteiger partial charge < -0.3 is 5.32 Å². The van der Waals surface area contributed by atoms with Crippen molar-refractivity contribution in [3.05, 3.63) is 35.6 Å². The van der Waals surface area contributed by atoms with E-state index in [4.69, 9.17) is 0 Å². The van der Waals surface area contributed by atoms with Crippen molar-refractivity contribution in [3.8, 4) is 0 Å². The van der Waals surface area contributed by atoms with Crippen LogP contribution >= 0.6 is 0 Å². The summed E-state index contributed by atoms with van der Waals surface area (Å²) in [6.45, 7) is 4.50. The van der Waals surface area contributed by atoms with E-state index >= 15 is 0 Å². The number of allylic oxidation sites excluding steroid dienone is 4. The Morgan fingerprint density at radius 1 is 1.41 bits per heavy atom. The van der Waals surface area contributed by atoms with Gasteiger partial charge in [0.25, 0.3) is 0 Å². The van der Waals surface area contributed by atoms with Crippen molar-refractivity contribution in [2.24, 2.45) is 16.8 Å². The van der Waals surface area contributed by atoms with Crippen LogP contribution in [-0.4, -0.2) is 18.8 Å². The molecule has 2 heteroatoms. The molecule has 1 unspecified atom stereocenters. The second kappa shape index (κ2) is 4.61. The minimum Gasteiger partial charge on any atom is -0.316 e. The van der Waals surface area contributed by atoms with Crippen molar-refractivity contribution in [1.82, 2.24) is 5.32 Å². The quantitative estimate of drug-likeness (QED) is 0.719. The fraction of sp³-hybridized carbons (Fsp3) is 0.533. The standard InChI is InChI=1S/C15H20N2/c1-11-3-2-4-14-13(10-17-15(11)14)7-8-16-9-12-5-6-12/h2-4,10-12,16H,5-9H2,1H3. The molecule has 0 bridgehead atoms. The first-order chi connectivity index (χ1) is 8.34. The maximum Gasteiger partial charge on any atom is 0.0545 e. The summed E-state index contributed by atoms with van der Waals surface area (Å²) in [5, 5.41) is 3.54. The van der Waals surface area contributed by atoms with Crippen LogP contribution in [-0.2, 0) is 0 Å². The molecule has 17 heavy (non-hydrogen) atoms. The monoisotopic (exact) mass is 228 g/mol. The zero-order chi connectivity index (χ0) is 11.7. The predicted molar refractivity (Wildman–Crippen MR) is 72.1 cm³/mol. The number of nitrogens with zero attached hydrogens (tertiary/aromatic N) is 1. The van der Waals surface area contributed by atoms with Crippen LogP contribution in [0.15, 0.2) is 40.6 Å². The van der Waals surface area contributed by atoms with Crippen molar-refractivity contribution >= 4 is 5.71 Å². The molecule has 0 spiro atoms. The van der Waals surface area contributed by atoms with E-state index in [0.717, 1.165) is 18.9 Å². The smallest absolute Gasteiger partial charge is 0.0545 e. The highest BCUT2D eigenvalue weighted by Gasteiger charge is 2.23. The van der Waals surface area contributed by atoms with E-state index in [2.05, 4.69) is 41.7 Å². The van der Waals surface area contributed by atoms with Gasteiger partial charge in [0.2, 0.25) is 0 Å². The average Bonchev–Trinajstić information content (AvgIpc) is 3.06. The van der Waals surface area contributed by atoms with Crippen molar-refractivity contribution in [1.29, 1.82) is 0 Å². The summed E-state index contributed by atoms with van der Waals surface area (Å²) in [6, 6.07) is 0. The van der Waals surface area contributed by atoms with Crippen molar-refractivity contribution in [2.45, 2.75) is 26.2 Å². The van der Waals surface area contributed by atoms with Crippen molar-refractivity contribution in [3.63, 3.8) is 0 Å². The van der Waals surface area contributed by atoms with E-state index in [1.54, 1.807) is 0 Å². The van der Waals surface area contributed by atoms with Crippen LogP contribution in [0, 0.1) is 11.8 Å². The van der Waals surface area contributed by atoms with Gasteiger partial charge in [0, 0.05) is 17.7 Å². The van der Waals surface area contributed by atoms with Gasteiger partial charge in [-0.3, -0.25) is 4.99 Å². The van der Waals surface area contributed by atoms with Gasteiger partial charge in [-0.2, -0.15) is 0 Å². The fourth-order valence-corrected chi connectivity index (χ4v) is 2.47. The molecule has 1 atom stereocenters. The third-order valence-electron chi connectivity index (χ3n) is 3.78. The zero-order valence-corrected chi connectivity index (χ0v) is 10.4. The third kappa shape index (κ3) is 2.42. The second-order valence-electron chi connectivity index (χ2n) is 5.32. The molecule has 3 aliphatic rings. The van der Waals surface area contributed by atoms with Gasteiger partial charge in [-0.15, -0.1) is 0 Å². The van der Waals surface area contributed by atoms with Crippen LogP contribution in [0.2, 0.25) is 0 Å². The summed E-state index contributed by atoms with van der Waals surface area (Å²) < 4.78 is 0. The molecule has 2 aliphatic carbocycles. The van der Waals surface area contributed by atoms with E-state index in [1.165, 1.54) is 36.2 Å². The summed E-state index contributed by atoms with van der Waals surface area (Å²) in [5.41, 5.74) is 4.03. The minimum atomic E-state index is 0.475. The molecule has 0 radical (unpaired) electrons. The molecule has 1 heterocycles. The molecule has 1 saturated carbocycles. The molecular formula is C15H20N2. The molecule has 90 valence electrons. The Kier molecular flexibility index (Phi) is 2.98. The highest BCUT2D eigenvalue weighted by molar-refractivity contribution is 6.09. The van der Waals surface area contributed by atoms with Gasteiger partial charge in [0.1, 0.15) is 0 Å². The normalized spacial score (nSPS) is 26.4. The molecule has 1 fully saturated rings. The van der Waals surface area contributed by atoms with Crippen LogP contribution in [0.5, 0.6) is 0 Å². The number of hydrogen-bond acceptors (Lipinski definition) is 2. The van der Waals surface area contributed by atoms with Gasteiger partial charge >= 0.3 is 0 Å². The number of hydrogen-bond donors (Lipinski definition) is 1. The van der Waals surface area contributed by atoms with E-state index in [1.807, 2.05) is 0 Å². The molecule has 0 aromatic carbocycles. The molecule has 1 N–H and O–H groups in total. The highest BCUT2D eigenvalue weighted by Crippen LogP contribution is 2.30. The van der Waals surface area contributed by atoms with Crippen molar-refractivity contribution < 1.29 is 0 Å². The summed E-state index contributed by atoms with van der Waals surface area (Å²) in [5.74, 6) is 1.44. The Hall–Kier alpha value is -1.15. The Labute approximate surface area is 103 Å². The SMILES string of the molecule is CC1C=CC=C2C(CCNCC3CC3)=CN=C21. The lowest BCUT2D eigenvalue weighted by Crippen LogP contribution is -2.19. The topological polar surface area (TPSA) is 24.4 Å². The molecule has 0 saturated heterocycles. The highest BCUT2D eigenvalue weighted by atomic mass is 14.9. The van der Waals surface area contributed by atoms with Gasteiger partial charge in [-0.05, 0) is 43.8 Å². The van der Waals surface area contributed by atoms with E-state index < -0.39 is 0 Å². The summed E-state index contributed by atoms with van der Waals surface area (Å²) in [7, 11) is 0. The van der Waals surface area contributed by atoms with E-state index in [-0.39, 0.29) is 0 Å². The molecule has 0 aromatic heterocycles. The van der Waals surface area contributed by atoms with Crippen LogP contribution in [0.4, 0.5) is 0 Å². The summed E-state index contributed by atoms with van der Waals surface area (Å²) >= 11 is 0. The number of nitrogens with one attached hydrogen (secondary N) is 1. The lowest BCUT2D eigenvalue weighted by molar-refractivity contribution is 0.638. The minimum absolute atomic E-state index is 0.475. The summed E-state index contributed by atoms with van der Waals surface area (Å²) in [6.07, 6.45) is 12.6. The Bertz CT molecular complexity index is 422. The molecule has 2 nitrogen and oxygen atoms in total. The maximum atomic E-state index is 4.55. The van der Waals surface area contributed by atoms with Crippen LogP contribution in [0.1, 0.15) is 26.2 Å². The first-order valence-electron chi connectivity index (χ1n) is 6.71. The lowest BCUT2D eigenvalue weighted by atomic mass is 9.89. The van der Waals surface area contributed by atoms with Crippen LogP contribution < -0.4 is 5.32 Å². The summed E-state index contributed by atoms with van der Waals surface area (Å²) in [4.78, 5) is 4.55. The first kappa shape index (κ1) is 11.0. The van der Waals surface area contributed by atoms with Gasteiger partial charge in [0.05, 0.1) is 5.71 Å². The van der Waals surface area contributed by atoms with Crippen LogP contribution in [0.25, 0.3) is 0 Å². The number of rotatable bonds is 5. The number of fused-ring (bicyclic) bond motifs is 1. The van der Waals surface area contributed by atoms with Gasteiger partial charge in [-0.1, -0.05) is 25.2 Å². The molecule has 0 amide bonds. The van der Waals surface area contributed by atoms with E-state index in [0.29, 0.717) is 5.92 Å². The Balaban J connectivity index is 1.51. The largest absolute Gasteiger partial charge is 0.316 e. The fourth-order valence-electron chi connectivity index (χ4n) is 2.47.